The molecule has 0 saturated heterocycles. The molecule has 1 amide bonds. The molecule has 3 aromatic rings. The highest BCUT2D eigenvalue weighted by Gasteiger charge is 2.37. The Morgan fingerprint density at radius 3 is 2.58 bits per heavy atom. The van der Waals surface area contributed by atoms with Crippen LogP contribution in [0.5, 0.6) is 5.75 Å². The van der Waals surface area contributed by atoms with Crippen molar-refractivity contribution in [3.05, 3.63) is 82.5 Å². The zero-order valence-electron chi connectivity index (χ0n) is 14.2. The fraction of sp³-hybridized carbons (Fsp3) is 0.211. The lowest BCUT2D eigenvalue weighted by Gasteiger charge is -2.38. The molecule has 3 heterocycles. The zero-order valence-corrected chi connectivity index (χ0v) is 14.2. The minimum atomic E-state index is -0.561. The van der Waals surface area contributed by atoms with Crippen LogP contribution in [0.25, 0.3) is 0 Å². The van der Waals surface area contributed by atoms with Crippen molar-refractivity contribution in [1.29, 1.82) is 0 Å². The monoisotopic (exact) mass is 350 g/mol. The van der Waals surface area contributed by atoms with Gasteiger partial charge in [0.2, 0.25) is 5.43 Å². The lowest BCUT2D eigenvalue weighted by atomic mass is 9.96. The number of hydrogen-bond donors (Lipinski definition) is 1. The summed E-state index contributed by atoms with van der Waals surface area (Å²) in [6, 6.07) is 12.5. The minimum absolute atomic E-state index is 0.0179. The summed E-state index contributed by atoms with van der Waals surface area (Å²) in [6.45, 7) is 0.424. The first kappa shape index (κ1) is 16.1. The summed E-state index contributed by atoms with van der Waals surface area (Å²) in [5.74, 6) is -0.884. The minimum Gasteiger partial charge on any atom is -0.503 e. The Kier molecular flexibility index (Phi) is 3.84. The first-order chi connectivity index (χ1) is 12.6. The van der Waals surface area contributed by atoms with Crippen LogP contribution in [0.4, 0.5) is 0 Å². The number of pyridine rings is 1. The number of nitrogens with zero attached hydrogens (tertiary/aromatic N) is 4. The molecule has 1 aliphatic rings. The van der Waals surface area contributed by atoms with E-state index in [1.165, 1.54) is 11.0 Å². The number of likely N-dealkylation sites (N-methyl/N-ethyl adjacent to an activating group) is 1. The van der Waals surface area contributed by atoms with E-state index in [-0.39, 0.29) is 23.7 Å². The number of benzene rings is 1. The quantitative estimate of drug-likeness (QED) is 0.779. The fourth-order valence-electron chi connectivity index (χ4n) is 3.56. The lowest BCUT2D eigenvalue weighted by Crippen LogP contribution is -2.45. The van der Waals surface area contributed by atoms with Crippen LogP contribution >= 0.6 is 0 Å². The summed E-state index contributed by atoms with van der Waals surface area (Å²) in [4.78, 5) is 26.0. The van der Waals surface area contributed by atoms with Crippen molar-refractivity contribution in [3.63, 3.8) is 0 Å². The van der Waals surface area contributed by atoms with Gasteiger partial charge in [0.15, 0.2) is 11.4 Å². The number of aromatic nitrogens is 3. The molecule has 26 heavy (non-hydrogen) atoms. The van der Waals surface area contributed by atoms with Crippen molar-refractivity contribution in [1.82, 2.24) is 19.2 Å². The van der Waals surface area contributed by atoms with Gasteiger partial charge in [-0.2, -0.15) is 5.10 Å². The first-order valence-corrected chi connectivity index (χ1v) is 8.31. The maximum Gasteiger partial charge on any atom is 0.274 e. The van der Waals surface area contributed by atoms with E-state index in [0.717, 1.165) is 5.56 Å². The number of fused-ring (bicyclic) bond motifs is 1. The summed E-state index contributed by atoms with van der Waals surface area (Å²) >= 11 is 0. The predicted octanol–water partition coefficient (Wildman–Crippen LogP) is 1.67. The van der Waals surface area contributed by atoms with Gasteiger partial charge in [0, 0.05) is 38.2 Å². The molecule has 1 aromatic carbocycles. The van der Waals surface area contributed by atoms with Gasteiger partial charge < -0.3 is 14.6 Å². The largest absolute Gasteiger partial charge is 0.503 e. The smallest absolute Gasteiger partial charge is 0.274 e. The number of carbonyl (C=O) groups is 1. The van der Waals surface area contributed by atoms with Crippen LogP contribution in [0.3, 0.4) is 0 Å². The Labute approximate surface area is 149 Å². The van der Waals surface area contributed by atoms with Gasteiger partial charge in [-0.1, -0.05) is 30.3 Å². The third kappa shape index (κ3) is 2.48. The van der Waals surface area contributed by atoms with E-state index in [1.54, 1.807) is 24.0 Å². The van der Waals surface area contributed by atoms with Gasteiger partial charge in [0.25, 0.3) is 5.91 Å². The maximum absolute atomic E-state index is 12.6. The van der Waals surface area contributed by atoms with E-state index in [4.69, 9.17) is 0 Å². The van der Waals surface area contributed by atoms with E-state index in [0.29, 0.717) is 6.54 Å². The molecule has 7 nitrogen and oxygen atoms in total. The highest BCUT2D eigenvalue weighted by atomic mass is 16.3. The summed E-state index contributed by atoms with van der Waals surface area (Å²) in [5, 5.41) is 14.6. The molecule has 7 heteroatoms. The molecule has 4 rings (SSSR count). The van der Waals surface area contributed by atoms with Gasteiger partial charge >= 0.3 is 0 Å². The van der Waals surface area contributed by atoms with Gasteiger partial charge in [0.05, 0.1) is 12.1 Å². The molecule has 0 spiro atoms. The molecular weight excluding hydrogens is 332 g/mol. The fourth-order valence-corrected chi connectivity index (χ4v) is 3.56. The van der Waals surface area contributed by atoms with Gasteiger partial charge in [-0.15, -0.1) is 0 Å². The topological polar surface area (TPSA) is 80.4 Å². The van der Waals surface area contributed by atoms with Crippen LogP contribution in [0.15, 0.2) is 65.8 Å². The molecule has 132 valence electrons. The Bertz CT molecular complexity index is 995. The Balaban J connectivity index is 1.93. The van der Waals surface area contributed by atoms with Crippen LogP contribution < -0.4 is 5.43 Å². The van der Waals surface area contributed by atoms with Gasteiger partial charge in [0.1, 0.15) is 0 Å². The standard InChI is InChI=1S/C19H18N4O3/c1-21-12-14(22-11-8-15(24)18(25)17(22)19(21)26)16(23-10-5-9-20-23)13-6-3-2-4-7-13/h2-11,14,16,25H,12H2,1H3. The van der Waals surface area contributed by atoms with Crippen molar-refractivity contribution in [2.24, 2.45) is 0 Å². The molecule has 1 aliphatic heterocycles. The predicted molar refractivity (Wildman–Crippen MR) is 95.2 cm³/mol. The summed E-state index contributed by atoms with van der Waals surface area (Å²) in [7, 11) is 1.67. The van der Waals surface area contributed by atoms with Crippen LogP contribution in [0.1, 0.15) is 28.1 Å². The second-order valence-electron chi connectivity index (χ2n) is 6.38. The molecule has 0 fully saturated rings. The van der Waals surface area contributed by atoms with Gasteiger partial charge in [-0.3, -0.25) is 14.3 Å². The van der Waals surface area contributed by atoms with Crippen LogP contribution in [0, 0.1) is 0 Å². The van der Waals surface area contributed by atoms with E-state index < -0.39 is 11.2 Å². The van der Waals surface area contributed by atoms with Gasteiger partial charge in [-0.05, 0) is 11.6 Å². The zero-order chi connectivity index (χ0) is 18.3. The van der Waals surface area contributed by atoms with Crippen LogP contribution in [-0.2, 0) is 0 Å². The van der Waals surface area contributed by atoms with E-state index >= 15 is 0 Å². The Hall–Kier alpha value is -3.35. The molecule has 1 N–H and O–H groups in total. The van der Waals surface area contributed by atoms with Crippen molar-refractivity contribution >= 4 is 5.91 Å². The summed E-state index contributed by atoms with van der Waals surface area (Å²) in [6.07, 6.45) is 5.15. The van der Waals surface area contributed by atoms with E-state index in [9.17, 15) is 14.7 Å². The van der Waals surface area contributed by atoms with Crippen LogP contribution in [-0.4, -0.2) is 43.9 Å². The number of amides is 1. The second kappa shape index (κ2) is 6.18. The molecule has 0 bridgehead atoms. The summed E-state index contributed by atoms with van der Waals surface area (Å²) in [5.41, 5.74) is 0.478. The molecule has 0 radical (unpaired) electrons. The van der Waals surface area contributed by atoms with Crippen molar-refractivity contribution in [2.75, 3.05) is 13.6 Å². The lowest BCUT2D eigenvalue weighted by molar-refractivity contribution is 0.0685. The first-order valence-electron chi connectivity index (χ1n) is 8.31. The molecule has 2 atom stereocenters. The molecule has 2 aromatic heterocycles. The molecule has 0 aliphatic carbocycles. The SMILES string of the molecule is CN1CC(C(c2ccccc2)n2cccn2)n2ccc(=O)c(O)c2C1=O. The second-order valence-corrected chi connectivity index (χ2v) is 6.38. The molecule has 2 unspecified atom stereocenters. The molecular formula is C19H18N4O3. The Morgan fingerprint density at radius 2 is 1.88 bits per heavy atom. The summed E-state index contributed by atoms with van der Waals surface area (Å²) < 4.78 is 3.53. The van der Waals surface area contributed by atoms with E-state index in [2.05, 4.69) is 5.10 Å². The van der Waals surface area contributed by atoms with Crippen LogP contribution in [0.2, 0.25) is 0 Å². The average Bonchev–Trinajstić information content (AvgIpc) is 3.17. The van der Waals surface area contributed by atoms with Crippen molar-refractivity contribution < 1.29 is 9.90 Å². The average molecular weight is 350 g/mol. The highest BCUT2D eigenvalue weighted by Crippen LogP contribution is 2.35. The van der Waals surface area contributed by atoms with E-state index in [1.807, 2.05) is 47.3 Å². The number of aromatic hydroxyl groups is 1. The molecule has 0 saturated carbocycles. The maximum atomic E-state index is 12.6. The number of rotatable bonds is 3. The Morgan fingerprint density at radius 1 is 1.12 bits per heavy atom. The van der Waals surface area contributed by atoms with Crippen molar-refractivity contribution in [3.8, 4) is 5.75 Å². The number of carbonyl (C=O) groups excluding carboxylic acids is 1. The highest BCUT2D eigenvalue weighted by molar-refractivity contribution is 5.95. The van der Waals surface area contributed by atoms with Crippen molar-refractivity contribution in [2.45, 2.75) is 12.1 Å². The third-order valence-electron chi connectivity index (χ3n) is 4.79. The number of hydrogen-bond acceptors (Lipinski definition) is 4. The normalized spacial score (nSPS) is 17.8. The van der Waals surface area contributed by atoms with Gasteiger partial charge in [-0.25, -0.2) is 0 Å². The third-order valence-corrected chi connectivity index (χ3v) is 4.79.